The summed E-state index contributed by atoms with van der Waals surface area (Å²) in [7, 11) is 0. The molecule has 0 saturated heterocycles. The normalized spacial score (nSPS) is 11.6. The smallest absolute Gasteiger partial charge is 0.121 e. The fourth-order valence-corrected chi connectivity index (χ4v) is 2.40. The Kier molecular flexibility index (Phi) is 4.61. The summed E-state index contributed by atoms with van der Waals surface area (Å²) in [4.78, 5) is 10.4. The van der Waals surface area contributed by atoms with Gasteiger partial charge in [-0.1, -0.05) is 25.4 Å². The number of halogens is 1. The van der Waals surface area contributed by atoms with Crippen LogP contribution in [-0.2, 0) is 6.54 Å². The monoisotopic (exact) mass is 265 g/mol. The first-order valence-corrected chi connectivity index (χ1v) is 6.97. The van der Waals surface area contributed by atoms with Crippen molar-refractivity contribution in [2.45, 2.75) is 33.2 Å². The number of aromatic nitrogens is 2. The molecule has 1 aromatic heterocycles. The Balaban J connectivity index is 2.14. The highest BCUT2D eigenvalue weighted by Gasteiger charge is 2.08. The summed E-state index contributed by atoms with van der Waals surface area (Å²) in [6.07, 6.45) is 2.35. The Labute approximate surface area is 113 Å². The van der Waals surface area contributed by atoms with Crippen LogP contribution in [0, 0.1) is 0 Å². The summed E-state index contributed by atoms with van der Waals surface area (Å²) in [5.41, 5.74) is 2.01. The quantitative estimate of drug-likeness (QED) is 0.861. The van der Waals surface area contributed by atoms with Gasteiger partial charge in [0.15, 0.2) is 0 Å². The molecule has 0 aliphatic heterocycles. The molecule has 0 spiro atoms. The molecule has 1 aromatic carbocycles. The van der Waals surface area contributed by atoms with E-state index in [1.807, 2.05) is 18.2 Å². The van der Waals surface area contributed by atoms with Gasteiger partial charge in [-0.3, -0.25) is 4.90 Å². The molecule has 0 bridgehead atoms. The molecule has 0 atom stereocenters. The first-order valence-electron chi connectivity index (χ1n) is 6.59. The van der Waals surface area contributed by atoms with Gasteiger partial charge in [0, 0.05) is 5.02 Å². The van der Waals surface area contributed by atoms with Crippen LogP contribution in [0.5, 0.6) is 0 Å². The van der Waals surface area contributed by atoms with Crippen molar-refractivity contribution in [1.29, 1.82) is 0 Å². The minimum Gasteiger partial charge on any atom is -0.341 e. The number of imidazole rings is 1. The molecule has 0 fully saturated rings. The molecular formula is C14H20ClN3. The molecule has 2 aromatic rings. The highest BCUT2D eigenvalue weighted by molar-refractivity contribution is 6.31. The number of nitrogens with one attached hydrogen (secondary N) is 1. The SMILES string of the molecule is CCCN(CCC)Cc1nc2ccc(Cl)cc2[nH]1. The maximum absolute atomic E-state index is 5.97. The van der Waals surface area contributed by atoms with E-state index in [-0.39, 0.29) is 0 Å². The third-order valence-electron chi connectivity index (χ3n) is 2.95. The van der Waals surface area contributed by atoms with E-state index in [4.69, 9.17) is 11.6 Å². The van der Waals surface area contributed by atoms with Crippen molar-refractivity contribution in [2.75, 3.05) is 13.1 Å². The third kappa shape index (κ3) is 3.24. The van der Waals surface area contributed by atoms with E-state index in [1.165, 1.54) is 12.8 Å². The van der Waals surface area contributed by atoms with Gasteiger partial charge in [0.2, 0.25) is 0 Å². The summed E-state index contributed by atoms with van der Waals surface area (Å²) in [5.74, 6) is 1.02. The number of rotatable bonds is 6. The van der Waals surface area contributed by atoms with Crippen LogP contribution in [0.3, 0.4) is 0 Å². The van der Waals surface area contributed by atoms with Gasteiger partial charge in [-0.2, -0.15) is 0 Å². The summed E-state index contributed by atoms with van der Waals surface area (Å²) in [6.45, 7) is 7.54. The Bertz CT molecular complexity index is 501. The third-order valence-corrected chi connectivity index (χ3v) is 3.18. The number of aromatic amines is 1. The second-order valence-electron chi connectivity index (χ2n) is 4.62. The predicted octanol–water partition coefficient (Wildman–Crippen LogP) is 3.84. The van der Waals surface area contributed by atoms with Crippen molar-refractivity contribution in [3.63, 3.8) is 0 Å². The number of fused-ring (bicyclic) bond motifs is 1. The van der Waals surface area contributed by atoms with Crippen LogP contribution in [0.1, 0.15) is 32.5 Å². The topological polar surface area (TPSA) is 31.9 Å². The molecule has 0 aliphatic rings. The van der Waals surface area contributed by atoms with Crippen LogP contribution in [0.15, 0.2) is 18.2 Å². The lowest BCUT2D eigenvalue weighted by Crippen LogP contribution is -2.25. The largest absolute Gasteiger partial charge is 0.341 e. The maximum atomic E-state index is 5.97. The summed E-state index contributed by atoms with van der Waals surface area (Å²) >= 11 is 5.97. The van der Waals surface area contributed by atoms with Crippen LogP contribution in [-0.4, -0.2) is 28.0 Å². The van der Waals surface area contributed by atoms with Crippen LogP contribution in [0.25, 0.3) is 11.0 Å². The molecule has 18 heavy (non-hydrogen) atoms. The highest BCUT2D eigenvalue weighted by atomic mass is 35.5. The average Bonchev–Trinajstić information content (AvgIpc) is 2.71. The molecule has 0 amide bonds. The van der Waals surface area contributed by atoms with Crippen molar-refractivity contribution in [3.05, 3.63) is 29.0 Å². The highest BCUT2D eigenvalue weighted by Crippen LogP contribution is 2.17. The van der Waals surface area contributed by atoms with E-state index in [0.29, 0.717) is 0 Å². The van der Waals surface area contributed by atoms with Gasteiger partial charge in [0.1, 0.15) is 5.82 Å². The first kappa shape index (κ1) is 13.4. The minimum absolute atomic E-state index is 0.747. The molecule has 3 nitrogen and oxygen atoms in total. The number of hydrogen-bond acceptors (Lipinski definition) is 2. The standard InChI is InChI=1S/C14H20ClN3/c1-3-7-18(8-4-2)10-14-16-12-6-5-11(15)9-13(12)17-14/h5-6,9H,3-4,7-8,10H2,1-2H3,(H,16,17). The Morgan fingerprint density at radius 3 is 2.61 bits per heavy atom. The molecular weight excluding hydrogens is 246 g/mol. The van der Waals surface area contributed by atoms with Gasteiger partial charge >= 0.3 is 0 Å². The van der Waals surface area contributed by atoms with E-state index in [2.05, 4.69) is 28.7 Å². The molecule has 0 saturated carbocycles. The lowest BCUT2D eigenvalue weighted by atomic mass is 10.3. The van der Waals surface area contributed by atoms with Gasteiger partial charge in [-0.05, 0) is 44.1 Å². The lowest BCUT2D eigenvalue weighted by molar-refractivity contribution is 0.261. The zero-order valence-electron chi connectivity index (χ0n) is 11.0. The van der Waals surface area contributed by atoms with Gasteiger partial charge < -0.3 is 4.98 Å². The van der Waals surface area contributed by atoms with Crippen molar-refractivity contribution in [2.24, 2.45) is 0 Å². The molecule has 0 aliphatic carbocycles. The van der Waals surface area contributed by atoms with Crippen molar-refractivity contribution in [3.8, 4) is 0 Å². The molecule has 1 N–H and O–H groups in total. The molecule has 0 unspecified atom stereocenters. The fourth-order valence-electron chi connectivity index (χ4n) is 2.22. The summed E-state index contributed by atoms with van der Waals surface area (Å²) in [6, 6.07) is 5.77. The summed E-state index contributed by atoms with van der Waals surface area (Å²) < 4.78 is 0. The van der Waals surface area contributed by atoms with E-state index < -0.39 is 0 Å². The van der Waals surface area contributed by atoms with Crippen molar-refractivity contribution >= 4 is 22.6 Å². The first-order chi connectivity index (χ1) is 8.72. The second-order valence-corrected chi connectivity index (χ2v) is 5.06. The van der Waals surface area contributed by atoms with E-state index in [9.17, 15) is 0 Å². The zero-order valence-corrected chi connectivity index (χ0v) is 11.8. The minimum atomic E-state index is 0.747. The van der Waals surface area contributed by atoms with Crippen LogP contribution in [0.2, 0.25) is 5.02 Å². The fraction of sp³-hybridized carbons (Fsp3) is 0.500. The maximum Gasteiger partial charge on any atom is 0.121 e. The van der Waals surface area contributed by atoms with Gasteiger partial charge in [-0.15, -0.1) is 0 Å². The van der Waals surface area contributed by atoms with E-state index in [1.54, 1.807) is 0 Å². The summed E-state index contributed by atoms with van der Waals surface area (Å²) in [5, 5.41) is 0.747. The predicted molar refractivity (Wildman–Crippen MR) is 77.0 cm³/mol. The van der Waals surface area contributed by atoms with Crippen LogP contribution in [0.4, 0.5) is 0 Å². The zero-order chi connectivity index (χ0) is 13.0. The van der Waals surface area contributed by atoms with E-state index >= 15 is 0 Å². The number of nitrogens with zero attached hydrogens (tertiary/aromatic N) is 2. The Morgan fingerprint density at radius 1 is 1.22 bits per heavy atom. The number of hydrogen-bond donors (Lipinski definition) is 1. The lowest BCUT2D eigenvalue weighted by Gasteiger charge is -2.19. The molecule has 0 radical (unpaired) electrons. The van der Waals surface area contributed by atoms with Gasteiger partial charge in [0.05, 0.1) is 17.6 Å². The van der Waals surface area contributed by atoms with Gasteiger partial charge in [0.25, 0.3) is 0 Å². The average molecular weight is 266 g/mol. The van der Waals surface area contributed by atoms with Crippen LogP contribution < -0.4 is 0 Å². The molecule has 4 heteroatoms. The number of benzene rings is 1. The molecule has 98 valence electrons. The Hall–Kier alpha value is -1.06. The van der Waals surface area contributed by atoms with Crippen LogP contribution >= 0.6 is 11.6 Å². The molecule has 1 heterocycles. The van der Waals surface area contributed by atoms with E-state index in [0.717, 1.165) is 41.5 Å². The van der Waals surface area contributed by atoms with Crippen molar-refractivity contribution < 1.29 is 0 Å². The van der Waals surface area contributed by atoms with Crippen molar-refractivity contribution in [1.82, 2.24) is 14.9 Å². The number of H-pyrrole nitrogens is 1. The second kappa shape index (κ2) is 6.21. The van der Waals surface area contributed by atoms with Gasteiger partial charge in [-0.25, -0.2) is 4.98 Å². The molecule has 2 rings (SSSR count). The Morgan fingerprint density at radius 2 is 1.94 bits per heavy atom.